The minimum absolute atomic E-state index is 0.0728. The molecule has 2 saturated heterocycles. The molecule has 2 aromatic carbocycles. The Morgan fingerprint density at radius 3 is 2.49 bits per heavy atom. The first-order valence-electron chi connectivity index (χ1n) is 22.8. The molecule has 17 heteroatoms. The molecule has 8 rings (SSSR count). The van der Waals surface area contributed by atoms with Gasteiger partial charge in [-0.25, -0.2) is 25.0 Å². The molecule has 2 atom stereocenters. The minimum Gasteiger partial charge on any atom is -0.464 e. The van der Waals surface area contributed by atoms with Gasteiger partial charge in [0, 0.05) is 72.6 Å². The maximum atomic E-state index is 14.2. The Hall–Kier alpha value is -6.51. The van der Waals surface area contributed by atoms with Crippen LogP contribution < -0.4 is 15.6 Å². The molecule has 3 aromatic heterocycles. The van der Waals surface area contributed by atoms with E-state index in [0.29, 0.717) is 62.7 Å². The number of alkyl carbamates (subject to hydrolysis) is 1. The lowest BCUT2D eigenvalue weighted by atomic mass is 9.84. The van der Waals surface area contributed by atoms with Crippen LogP contribution in [-0.2, 0) is 48.8 Å². The maximum absolute atomic E-state index is 14.2. The number of hydrogen-bond donors (Lipinski definition) is 2. The summed E-state index contributed by atoms with van der Waals surface area (Å²) in [6, 6.07) is 20.5. The van der Waals surface area contributed by atoms with Gasteiger partial charge in [-0.3, -0.25) is 14.6 Å². The first-order valence-corrected chi connectivity index (χ1v) is 23.7. The number of carbonyl (C=O) groups is 4. The number of thiazole rings is 1. The molecule has 16 nitrogen and oxygen atoms in total. The van der Waals surface area contributed by atoms with Gasteiger partial charge in [0.15, 0.2) is 0 Å². The molecule has 1 unspecified atom stereocenters. The number of esters is 1. The van der Waals surface area contributed by atoms with Gasteiger partial charge >= 0.3 is 18.2 Å². The van der Waals surface area contributed by atoms with Crippen molar-refractivity contribution in [3.63, 3.8) is 0 Å². The summed E-state index contributed by atoms with van der Waals surface area (Å²) < 4.78 is 19.4. The van der Waals surface area contributed by atoms with E-state index < -0.39 is 46.6 Å². The zero-order valence-corrected chi connectivity index (χ0v) is 40.1. The number of rotatable bonds is 6. The smallest absolute Gasteiger partial charge is 0.410 e. The number of piperazine rings is 1. The SMILES string of the molecule is CC1(C)COC(=O)[C@@H]2CCCN(N2)C(=O)C(NC(=O)OC(C)(C)C)Cc2nc(cs2)-c2ccc3c(c2)c(c(-c2ccnc(N4CCN(C(=O)OCc5ccccc5)CC4)c2)n3C(C)(C)C#N)C1. The molecule has 0 spiro atoms. The zero-order valence-electron chi connectivity index (χ0n) is 39.3. The van der Waals surface area contributed by atoms with Crippen LogP contribution in [-0.4, -0.2) is 106 Å². The van der Waals surface area contributed by atoms with Crippen molar-refractivity contribution in [3.8, 4) is 28.6 Å². The summed E-state index contributed by atoms with van der Waals surface area (Å²) in [5, 5.41) is 18.4. The highest BCUT2D eigenvalue weighted by molar-refractivity contribution is 7.10. The molecule has 3 amide bonds. The van der Waals surface area contributed by atoms with Gasteiger partial charge in [-0.2, -0.15) is 5.26 Å². The number of ether oxygens (including phenoxy) is 3. The van der Waals surface area contributed by atoms with Gasteiger partial charge in [0.2, 0.25) is 0 Å². The van der Waals surface area contributed by atoms with E-state index in [4.69, 9.17) is 24.2 Å². The van der Waals surface area contributed by atoms with Crippen LogP contribution in [0.5, 0.6) is 0 Å². The Morgan fingerprint density at radius 2 is 1.76 bits per heavy atom. The highest BCUT2D eigenvalue weighted by atomic mass is 32.1. The third-order valence-electron chi connectivity index (χ3n) is 12.2. The summed E-state index contributed by atoms with van der Waals surface area (Å²) in [5.41, 5.74) is 6.66. The summed E-state index contributed by atoms with van der Waals surface area (Å²) in [7, 11) is 0. The average molecular weight is 930 g/mol. The van der Waals surface area contributed by atoms with E-state index >= 15 is 0 Å². The topological polar surface area (TPSA) is 184 Å². The van der Waals surface area contributed by atoms with Crippen LogP contribution in [0.3, 0.4) is 0 Å². The van der Waals surface area contributed by atoms with Crippen molar-refractivity contribution < 1.29 is 33.4 Å². The molecule has 352 valence electrons. The van der Waals surface area contributed by atoms with Crippen molar-refractivity contribution in [2.75, 3.05) is 44.2 Å². The second-order valence-electron chi connectivity index (χ2n) is 19.8. The van der Waals surface area contributed by atoms with Crippen LogP contribution in [0.25, 0.3) is 33.4 Å². The number of hydrazine groups is 1. The Kier molecular flexibility index (Phi) is 13.3. The van der Waals surface area contributed by atoms with E-state index in [0.717, 1.165) is 44.7 Å². The van der Waals surface area contributed by atoms with Crippen LogP contribution in [0.4, 0.5) is 15.4 Å². The number of hydrogen-bond acceptors (Lipinski definition) is 13. The molecule has 6 heterocycles. The number of amides is 3. The van der Waals surface area contributed by atoms with Crippen molar-refractivity contribution in [1.82, 2.24) is 35.2 Å². The Bertz CT molecular complexity index is 2690. The molecule has 2 fully saturated rings. The summed E-state index contributed by atoms with van der Waals surface area (Å²) in [4.78, 5) is 67.8. The second kappa shape index (κ2) is 19.0. The summed E-state index contributed by atoms with van der Waals surface area (Å²) in [6.07, 6.45) is 2.26. The second-order valence-corrected chi connectivity index (χ2v) is 20.7. The number of aromatic nitrogens is 3. The largest absolute Gasteiger partial charge is 0.464 e. The standard InChI is InChI=1S/C50H59N9O7S/c1-48(2,3)66-46(62)54-38-26-42-53-39(29-67-42)33-15-16-40-35(24-33)36(27-49(4,5)31-65-45(61)37-14-11-19-58(55-37)44(38)60)43(59(40)50(6,7)30-51)34-17-18-52-41(25-34)56-20-22-57(23-21-56)47(63)64-28-32-12-9-8-10-13-32/h8-10,12-13,15-18,24-25,29,37-38,55H,11,14,19-23,26-28,31H2,1-7H3,(H,54,62)/t37-,38?/m0/s1. The van der Waals surface area contributed by atoms with Gasteiger partial charge in [0.25, 0.3) is 5.91 Å². The number of pyridine rings is 1. The van der Waals surface area contributed by atoms with Crippen molar-refractivity contribution in [1.29, 1.82) is 5.26 Å². The number of fused-ring (bicyclic) bond motifs is 6. The number of carbonyl (C=O) groups excluding carboxylic acids is 4. The fraction of sp³-hybridized carbons (Fsp3) is 0.460. The molecule has 0 aliphatic carbocycles. The van der Waals surface area contributed by atoms with Crippen LogP contribution in [0.1, 0.15) is 77.4 Å². The number of cyclic esters (lactones) is 1. The van der Waals surface area contributed by atoms with Gasteiger partial charge in [-0.1, -0.05) is 50.2 Å². The first kappa shape index (κ1) is 47.0. The van der Waals surface area contributed by atoms with E-state index in [1.54, 1.807) is 31.9 Å². The van der Waals surface area contributed by atoms with Gasteiger partial charge < -0.3 is 33.9 Å². The van der Waals surface area contributed by atoms with E-state index in [1.807, 2.05) is 73.8 Å². The number of nitrogens with one attached hydrogen (secondary N) is 2. The molecule has 2 N–H and O–H groups in total. The number of nitriles is 1. The van der Waals surface area contributed by atoms with Gasteiger partial charge in [-0.15, -0.1) is 11.3 Å². The van der Waals surface area contributed by atoms with E-state index in [2.05, 4.69) is 46.2 Å². The van der Waals surface area contributed by atoms with Gasteiger partial charge in [0.05, 0.1) is 34.6 Å². The quantitative estimate of drug-likeness (QED) is 0.126. The molecule has 6 bridgehead atoms. The minimum atomic E-state index is -1.04. The zero-order chi connectivity index (χ0) is 47.7. The fourth-order valence-electron chi connectivity index (χ4n) is 8.86. The lowest BCUT2D eigenvalue weighted by Gasteiger charge is -2.35. The maximum Gasteiger partial charge on any atom is 0.410 e. The highest BCUT2D eigenvalue weighted by Crippen LogP contribution is 2.43. The molecule has 3 aliphatic heterocycles. The van der Waals surface area contributed by atoms with Crippen LogP contribution in [0.2, 0.25) is 0 Å². The van der Waals surface area contributed by atoms with E-state index in [9.17, 15) is 24.4 Å². The van der Waals surface area contributed by atoms with Crippen LogP contribution >= 0.6 is 11.3 Å². The predicted octanol–water partition coefficient (Wildman–Crippen LogP) is 7.60. The third kappa shape index (κ3) is 10.7. The average Bonchev–Trinajstić information content (AvgIpc) is 3.91. The Morgan fingerprint density at radius 1 is 1.00 bits per heavy atom. The third-order valence-corrected chi connectivity index (χ3v) is 13.1. The monoisotopic (exact) mass is 929 g/mol. The molecular formula is C50H59N9O7S. The van der Waals surface area contributed by atoms with Crippen molar-refractivity contribution >= 4 is 52.1 Å². The van der Waals surface area contributed by atoms with E-state index in [1.165, 1.54) is 16.3 Å². The van der Waals surface area contributed by atoms with Crippen LogP contribution in [0, 0.1) is 16.7 Å². The highest BCUT2D eigenvalue weighted by Gasteiger charge is 2.37. The van der Waals surface area contributed by atoms with Gasteiger partial charge in [-0.05, 0) is 89.3 Å². The van der Waals surface area contributed by atoms with Crippen molar-refractivity contribution in [3.05, 3.63) is 88.4 Å². The molecular weight excluding hydrogens is 871 g/mol. The Balaban J connectivity index is 1.17. The summed E-state index contributed by atoms with van der Waals surface area (Å²) in [6.45, 7) is 15.8. The van der Waals surface area contributed by atoms with Crippen molar-refractivity contribution in [2.24, 2.45) is 5.41 Å². The number of nitrogens with zero attached hydrogens (tertiary/aromatic N) is 7. The molecule has 0 saturated carbocycles. The molecule has 0 radical (unpaired) electrons. The van der Waals surface area contributed by atoms with E-state index in [-0.39, 0.29) is 25.7 Å². The number of benzene rings is 2. The summed E-state index contributed by atoms with van der Waals surface area (Å²) in [5.74, 6) is -0.154. The number of anilines is 1. The van der Waals surface area contributed by atoms with Crippen LogP contribution in [0.15, 0.2) is 72.2 Å². The first-order chi connectivity index (χ1) is 31.9. The summed E-state index contributed by atoms with van der Waals surface area (Å²) >= 11 is 1.39. The molecule has 5 aromatic rings. The van der Waals surface area contributed by atoms with Crippen molar-refractivity contribution in [2.45, 2.75) is 104 Å². The predicted molar refractivity (Wildman–Crippen MR) is 255 cm³/mol. The lowest BCUT2D eigenvalue weighted by Crippen LogP contribution is -2.60. The fourth-order valence-corrected chi connectivity index (χ4v) is 9.71. The molecule has 3 aliphatic rings. The molecule has 67 heavy (non-hydrogen) atoms. The Labute approximate surface area is 395 Å². The normalized spacial score (nSPS) is 19.3. The van der Waals surface area contributed by atoms with Gasteiger partial charge in [0.1, 0.15) is 35.6 Å². The lowest BCUT2D eigenvalue weighted by molar-refractivity contribution is -0.155.